The molecular weight excluding hydrogens is 266 g/mol. The molecule has 1 unspecified atom stereocenters. The maximum Gasteiger partial charge on any atom is 0.320 e. The molecule has 0 aromatic carbocycles. The number of carboxylic acid groups (broad SMARTS) is 1. The lowest BCUT2D eigenvalue weighted by atomic mass is 10.2. The highest BCUT2D eigenvalue weighted by molar-refractivity contribution is 7.09. The normalized spacial score (nSPS) is 12.5. The van der Waals surface area contributed by atoms with Crippen molar-refractivity contribution in [1.82, 2.24) is 20.0 Å². The average molecular weight is 281 g/mol. The molecule has 0 fully saturated rings. The number of hydrogen-bond donors (Lipinski definition) is 2. The fraction of sp³-hybridized carbons (Fsp3) is 0.455. The van der Waals surface area contributed by atoms with E-state index >= 15 is 0 Å². The maximum atomic E-state index is 10.6. The summed E-state index contributed by atoms with van der Waals surface area (Å²) < 4.78 is 1.64. The zero-order valence-electron chi connectivity index (χ0n) is 10.5. The fourth-order valence-corrected chi connectivity index (χ4v) is 2.31. The molecule has 8 heteroatoms. The number of carboxylic acids is 1. The second-order valence-corrected chi connectivity index (χ2v) is 5.09. The first-order chi connectivity index (χ1) is 9.08. The SMILES string of the molecule is CCc1nc(Cn2cc(CC(N)C(=O)O)nn2)cs1. The van der Waals surface area contributed by atoms with Crippen LogP contribution in [0, 0.1) is 0 Å². The predicted molar refractivity (Wildman–Crippen MR) is 69.9 cm³/mol. The predicted octanol–water partition coefficient (Wildman–Crippen LogP) is 0.300. The molecule has 0 amide bonds. The van der Waals surface area contributed by atoms with Gasteiger partial charge in [0.05, 0.1) is 22.9 Å². The molecule has 0 aliphatic heterocycles. The molecule has 2 aromatic heterocycles. The molecule has 19 heavy (non-hydrogen) atoms. The molecule has 3 N–H and O–H groups in total. The van der Waals surface area contributed by atoms with E-state index in [2.05, 4.69) is 22.2 Å². The van der Waals surface area contributed by atoms with Gasteiger partial charge >= 0.3 is 5.97 Å². The average Bonchev–Trinajstić information content (AvgIpc) is 2.99. The van der Waals surface area contributed by atoms with Gasteiger partial charge in [0.2, 0.25) is 0 Å². The van der Waals surface area contributed by atoms with Gasteiger partial charge in [0.1, 0.15) is 6.04 Å². The molecule has 0 aliphatic carbocycles. The van der Waals surface area contributed by atoms with Crippen LogP contribution in [0.25, 0.3) is 0 Å². The molecular formula is C11H15N5O2S. The van der Waals surface area contributed by atoms with Crippen LogP contribution in [-0.4, -0.2) is 37.1 Å². The summed E-state index contributed by atoms with van der Waals surface area (Å²) >= 11 is 1.62. The Balaban J connectivity index is 1.99. The van der Waals surface area contributed by atoms with E-state index in [0.29, 0.717) is 12.2 Å². The highest BCUT2D eigenvalue weighted by Gasteiger charge is 2.14. The minimum absolute atomic E-state index is 0.173. The summed E-state index contributed by atoms with van der Waals surface area (Å²) in [5, 5.41) is 19.7. The maximum absolute atomic E-state index is 10.6. The largest absolute Gasteiger partial charge is 0.480 e. The standard InChI is InChI=1S/C11H15N5O2S/c1-2-10-13-8(6-19-10)5-16-4-7(14-15-16)3-9(12)11(17)18/h4,6,9H,2-3,5,12H2,1H3,(H,17,18). The van der Waals surface area contributed by atoms with Crippen LogP contribution in [0.1, 0.15) is 23.3 Å². The van der Waals surface area contributed by atoms with E-state index in [1.165, 1.54) is 0 Å². The number of aliphatic carboxylic acids is 1. The Kier molecular flexibility index (Phi) is 4.23. The first kappa shape index (κ1) is 13.6. The van der Waals surface area contributed by atoms with Gasteiger partial charge in [-0.2, -0.15) is 0 Å². The monoisotopic (exact) mass is 281 g/mol. The van der Waals surface area contributed by atoms with Crippen molar-refractivity contribution in [2.24, 2.45) is 5.73 Å². The number of aryl methyl sites for hydroxylation is 1. The quantitative estimate of drug-likeness (QED) is 0.788. The van der Waals surface area contributed by atoms with Gasteiger partial charge < -0.3 is 10.8 Å². The van der Waals surface area contributed by atoms with E-state index in [0.717, 1.165) is 17.1 Å². The second-order valence-electron chi connectivity index (χ2n) is 4.14. The zero-order valence-corrected chi connectivity index (χ0v) is 11.3. The molecule has 2 rings (SSSR count). The van der Waals surface area contributed by atoms with Gasteiger partial charge in [0.15, 0.2) is 0 Å². The summed E-state index contributed by atoms with van der Waals surface area (Å²) in [6, 6.07) is -0.948. The van der Waals surface area contributed by atoms with Crippen molar-refractivity contribution in [2.75, 3.05) is 0 Å². The summed E-state index contributed by atoms with van der Waals surface area (Å²) in [4.78, 5) is 15.1. The Bertz CT molecular complexity index is 565. The summed E-state index contributed by atoms with van der Waals surface area (Å²) in [7, 11) is 0. The number of nitrogens with zero attached hydrogens (tertiary/aromatic N) is 4. The molecule has 0 bridgehead atoms. The molecule has 0 radical (unpaired) electrons. The van der Waals surface area contributed by atoms with E-state index in [-0.39, 0.29) is 6.42 Å². The topological polar surface area (TPSA) is 107 Å². The highest BCUT2D eigenvalue weighted by Crippen LogP contribution is 2.11. The summed E-state index contributed by atoms with van der Waals surface area (Å²) in [6.07, 6.45) is 2.79. The van der Waals surface area contributed by atoms with Crippen molar-refractivity contribution in [3.63, 3.8) is 0 Å². The molecule has 1 atom stereocenters. The van der Waals surface area contributed by atoms with Crippen LogP contribution in [0.15, 0.2) is 11.6 Å². The molecule has 2 heterocycles. The number of nitrogens with two attached hydrogens (primary N) is 1. The van der Waals surface area contributed by atoms with Crippen LogP contribution >= 0.6 is 11.3 Å². The number of thiazole rings is 1. The van der Waals surface area contributed by atoms with Crippen LogP contribution in [-0.2, 0) is 24.2 Å². The second kappa shape index (κ2) is 5.89. The molecule has 7 nitrogen and oxygen atoms in total. The molecule has 0 aliphatic rings. The molecule has 0 spiro atoms. The van der Waals surface area contributed by atoms with Gasteiger partial charge in [-0.25, -0.2) is 9.67 Å². The van der Waals surface area contributed by atoms with E-state index in [9.17, 15) is 4.79 Å². The van der Waals surface area contributed by atoms with Gasteiger partial charge in [-0.05, 0) is 6.42 Å². The summed E-state index contributed by atoms with van der Waals surface area (Å²) in [5.41, 5.74) is 6.95. The van der Waals surface area contributed by atoms with E-state index in [1.54, 1.807) is 22.2 Å². The third-order valence-electron chi connectivity index (χ3n) is 2.56. The molecule has 102 valence electrons. The Labute approximate surface area is 114 Å². The van der Waals surface area contributed by atoms with E-state index < -0.39 is 12.0 Å². The number of rotatable bonds is 6. The van der Waals surface area contributed by atoms with Crippen molar-refractivity contribution in [3.05, 3.63) is 28.0 Å². The number of hydrogen-bond acceptors (Lipinski definition) is 6. The lowest BCUT2D eigenvalue weighted by Gasteiger charge is -2.01. The molecule has 0 saturated heterocycles. The smallest absolute Gasteiger partial charge is 0.320 e. The van der Waals surface area contributed by atoms with Crippen LogP contribution in [0.2, 0.25) is 0 Å². The van der Waals surface area contributed by atoms with Crippen molar-refractivity contribution in [2.45, 2.75) is 32.4 Å². The van der Waals surface area contributed by atoms with Gasteiger partial charge in [0, 0.05) is 18.0 Å². The lowest BCUT2D eigenvalue weighted by molar-refractivity contribution is -0.138. The van der Waals surface area contributed by atoms with Crippen LogP contribution in [0.5, 0.6) is 0 Å². The van der Waals surface area contributed by atoms with Gasteiger partial charge in [-0.1, -0.05) is 12.1 Å². The van der Waals surface area contributed by atoms with E-state index in [1.807, 2.05) is 5.38 Å². The van der Waals surface area contributed by atoms with E-state index in [4.69, 9.17) is 10.8 Å². The highest BCUT2D eigenvalue weighted by atomic mass is 32.1. The van der Waals surface area contributed by atoms with Crippen molar-refractivity contribution in [3.8, 4) is 0 Å². The Hall–Kier alpha value is -1.80. The van der Waals surface area contributed by atoms with Gasteiger partial charge in [-0.15, -0.1) is 16.4 Å². The summed E-state index contributed by atoms with van der Waals surface area (Å²) in [5.74, 6) is -1.04. The van der Waals surface area contributed by atoms with Crippen LogP contribution in [0.3, 0.4) is 0 Å². The minimum Gasteiger partial charge on any atom is -0.480 e. The lowest BCUT2D eigenvalue weighted by Crippen LogP contribution is -2.32. The zero-order chi connectivity index (χ0) is 13.8. The first-order valence-corrected chi connectivity index (χ1v) is 6.77. The number of carbonyl (C=O) groups is 1. The summed E-state index contributed by atoms with van der Waals surface area (Å²) in [6.45, 7) is 2.59. The van der Waals surface area contributed by atoms with Crippen LogP contribution < -0.4 is 5.73 Å². The van der Waals surface area contributed by atoms with Crippen molar-refractivity contribution >= 4 is 17.3 Å². The van der Waals surface area contributed by atoms with Crippen LogP contribution in [0.4, 0.5) is 0 Å². The molecule has 0 saturated carbocycles. The third-order valence-corrected chi connectivity index (χ3v) is 3.60. The first-order valence-electron chi connectivity index (χ1n) is 5.89. The third kappa shape index (κ3) is 3.58. The Morgan fingerprint density at radius 1 is 1.58 bits per heavy atom. The number of aromatic nitrogens is 4. The fourth-order valence-electron chi connectivity index (χ4n) is 1.57. The molecule has 2 aromatic rings. The van der Waals surface area contributed by atoms with Crippen molar-refractivity contribution < 1.29 is 9.90 Å². The van der Waals surface area contributed by atoms with Gasteiger partial charge in [0.25, 0.3) is 0 Å². The van der Waals surface area contributed by atoms with Crippen molar-refractivity contribution in [1.29, 1.82) is 0 Å². The Morgan fingerprint density at radius 2 is 2.37 bits per heavy atom. The Morgan fingerprint density at radius 3 is 3.00 bits per heavy atom. The minimum atomic E-state index is -1.04. The van der Waals surface area contributed by atoms with Gasteiger partial charge in [-0.3, -0.25) is 4.79 Å².